The first-order valence-electron chi connectivity index (χ1n) is 6.33. The number of halogens is 2. The molecule has 5 heteroatoms. The first kappa shape index (κ1) is 14.0. The Hall–Kier alpha value is -1.97. The number of aromatic nitrogens is 1. The molecule has 106 valence electrons. The van der Waals surface area contributed by atoms with Gasteiger partial charge in [-0.15, -0.1) is 0 Å². The smallest absolute Gasteiger partial charge is 0.418 e. The highest BCUT2D eigenvalue weighted by molar-refractivity contribution is 6.40. The minimum absolute atomic E-state index is 0.206. The Bertz CT molecular complexity index is 797. The molecule has 2 aromatic carbocycles. The summed E-state index contributed by atoms with van der Waals surface area (Å²) in [6, 6.07) is 14.6. The second kappa shape index (κ2) is 5.80. The summed E-state index contributed by atoms with van der Waals surface area (Å²) in [5, 5.41) is 1.72. The molecule has 0 aliphatic carbocycles. The molecule has 0 aliphatic rings. The van der Waals surface area contributed by atoms with Gasteiger partial charge >= 0.3 is 6.09 Å². The lowest BCUT2D eigenvalue weighted by atomic mass is 10.2. The first-order chi connectivity index (χ1) is 10.2. The highest BCUT2D eigenvalue weighted by Crippen LogP contribution is 2.30. The average molecular weight is 320 g/mol. The fraction of sp³-hybridized carbons (Fsp3) is 0.0625. The SMILES string of the molecule is O=C(OCc1ccccc1)n1ccc2c(Cl)ccc(Cl)c21. The normalized spacial score (nSPS) is 10.8. The molecule has 1 heterocycles. The van der Waals surface area contributed by atoms with E-state index in [1.807, 2.05) is 30.3 Å². The highest BCUT2D eigenvalue weighted by atomic mass is 35.5. The Morgan fingerprint density at radius 2 is 1.71 bits per heavy atom. The standard InChI is InChI=1S/C16H11Cl2NO2/c17-13-6-7-14(18)15-12(13)8-9-19(15)16(20)21-10-11-4-2-1-3-5-11/h1-9H,10H2. The van der Waals surface area contributed by atoms with Crippen LogP contribution >= 0.6 is 23.2 Å². The summed E-state index contributed by atoms with van der Waals surface area (Å²) < 4.78 is 6.67. The van der Waals surface area contributed by atoms with Gasteiger partial charge in [0.2, 0.25) is 0 Å². The van der Waals surface area contributed by atoms with Crippen molar-refractivity contribution in [3.05, 3.63) is 70.3 Å². The van der Waals surface area contributed by atoms with Crippen LogP contribution in [-0.2, 0) is 11.3 Å². The summed E-state index contributed by atoms with van der Waals surface area (Å²) in [4.78, 5) is 12.2. The molecule has 0 spiro atoms. The van der Waals surface area contributed by atoms with Gasteiger partial charge in [0.15, 0.2) is 0 Å². The molecule has 0 saturated carbocycles. The number of benzene rings is 2. The molecule has 3 rings (SSSR count). The van der Waals surface area contributed by atoms with E-state index in [0.717, 1.165) is 10.9 Å². The molecule has 3 nitrogen and oxygen atoms in total. The van der Waals surface area contributed by atoms with Crippen molar-refractivity contribution in [3.63, 3.8) is 0 Å². The van der Waals surface area contributed by atoms with Gasteiger partial charge in [0, 0.05) is 11.6 Å². The van der Waals surface area contributed by atoms with Gasteiger partial charge in [0.05, 0.1) is 15.6 Å². The van der Waals surface area contributed by atoms with Crippen molar-refractivity contribution < 1.29 is 9.53 Å². The van der Waals surface area contributed by atoms with E-state index in [4.69, 9.17) is 27.9 Å². The molecule has 0 unspecified atom stereocenters. The lowest BCUT2D eigenvalue weighted by molar-refractivity contribution is 0.142. The summed E-state index contributed by atoms with van der Waals surface area (Å²) in [6.07, 6.45) is 1.12. The van der Waals surface area contributed by atoms with Crippen LogP contribution in [0.25, 0.3) is 10.9 Å². The van der Waals surface area contributed by atoms with E-state index in [2.05, 4.69) is 0 Å². The lowest BCUT2D eigenvalue weighted by Gasteiger charge is -2.07. The van der Waals surface area contributed by atoms with Gasteiger partial charge in [0.1, 0.15) is 6.61 Å². The average Bonchev–Trinajstić information content (AvgIpc) is 2.96. The van der Waals surface area contributed by atoms with Crippen molar-refractivity contribution >= 4 is 40.2 Å². The molecule has 0 saturated heterocycles. The molecule has 1 aromatic heterocycles. The zero-order chi connectivity index (χ0) is 14.8. The first-order valence-corrected chi connectivity index (χ1v) is 7.08. The van der Waals surface area contributed by atoms with Crippen LogP contribution in [0.4, 0.5) is 4.79 Å². The number of hydrogen-bond acceptors (Lipinski definition) is 2. The summed E-state index contributed by atoms with van der Waals surface area (Å²) in [5.41, 5.74) is 1.48. The van der Waals surface area contributed by atoms with E-state index in [1.165, 1.54) is 4.57 Å². The Balaban J connectivity index is 1.87. The molecule has 0 fully saturated rings. The largest absolute Gasteiger partial charge is 0.444 e. The fourth-order valence-corrected chi connectivity index (χ4v) is 2.60. The summed E-state index contributed by atoms with van der Waals surface area (Å²) in [7, 11) is 0. The van der Waals surface area contributed by atoms with Crippen molar-refractivity contribution in [2.24, 2.45) is 0 Å². The molecule has 0 atom stereocenters. The molecule has 0 bridgehead atoms. The fourth-order valence-electron chi connectivity index (χ4n) is 2.12. The third kappa shape index (κ3) is 2.75. The minimum atomic E-state index is -0.488. The van der Waals surface area contributed by atoms with E-state index in [9.17, 15) is 4.79 Å². The van der Waals surface area contributed by atoms with Gasteiger partial charge in [-0.25, -0.2) is 4.79 Å². The maximum atomic E-state index is 12.2. The van der Waals surface area contributed by atoms with Gasteiger partial charge in [0.25, 0.3) is 0 Å². The van der Waals surface area contributed by atoms with Gasteiger partial charge in [-0.1, -0.05) is 53.5 Å². The molecule has 0 radical (unpaired) electrons. The quantitative estimate of drug-likeness (QED) is 0.655. The number of fused-ring (bicyclic) bond motifs is 1. The van der Waals surface area contributed by atoms with Gasteiger partial charge < -0.3 is 4.74 Å². The molecular weight excluding hydrogens is 309 g/mol. The molecule has 0 amide bonds. The van der Waals surface area contributed by atoms with Gasteiger partial charge in [-0.3, -0.25) is 4.57 Å². The maximum Gasteiger partial charge on any atom is 0.418 e. The molecule has 21 heavy (non-hydrogen) atoms. The van der Waals surface area contributed by atoms with Crippen LogP contribution in [0.3, 0.4) is 0 Å². The monoisotopic (exact) mass is 319 g/mol. The molecule has 3 aromatic rings. The van der Waals surface area contributed by atoms with Crippen LogP contribution in [0.5, 0.6) is 0 Å². The zero-order valence-corrected chi connectivity index (χ0v) is 12.4. The Labute approximate surface area is 131 Å². The van der Waals surface area contributed by atoms with Crippen molar-refractivity contribution in [1.82, 2.24) is 4.57 Å². The second-order valence-corrected chi connectivity index (χ2v) is 5.33. The number of ether oxygens (including phenoxy) is 1. The van der Waals surface area contributed by atoms with Crippen molar-refractivity contribution in [2.45, 2.75) is 6.61 Å². The van der Waals surface area contributed by atoms with Gasteiger partial charge in [-0.2, -0.15) is 0 Å². The van der Waals surface area contributed by atoms with E-state index >= 15 is 0 Å². The van der Waals surface area contributed by atoms with Crippen molar-refractivity contribution in [3.8, 4) is 0 Å². The predicted molar refractivity (Wildman–Crippen MR) is 84.0 cm³/mol. The third-order valence-corrected chi connectivity index (χ3v) is 3.78. The summed E-state index contributed by atoms with van der Waals surface area (Å²) in [5.74, 6) is 0. The second-order valence-electron chi connectivity index (χ2n) is 4.52. The van der Waals surface area contributed by atoms with E-state index in [-0.39, 0.29) is 6.61 Å². The van der Waals surface area contributed by atoms with E-state index < -0.39 is 6.09 Å². The van der Waals surface area contributed by atoms with Crippen LogP contribution in [-0.4, -0.2) is 10.7 Å². The number of rotatable bonds is 2. The molecule has 0 aliphatic heterocycles. The van der Waals surface area contributed by atoms with Crippen LogP contribution in [0, 0.1) is 0 Å². The zero-order valence-electron chi connectivity index (χ0n) is 10.9. The van der Waals surface area contributed by atoms with Crippen LogP contribution in [0.2, 0.25) is 10.0 Å². The Morgan fingerprint density at radius 3 is 2.48 bits per heavy atom. The number of nitrogens with zero attached hydrogens (tertiary/aromatic N) is 1. The molecule has 0 N–H and O–H groups in total. The topological polar surface area (TPSA) is 31.2 Å². The van der Waals surface area contributed by atoms with Crippen molar-refractivity contribution in [1.29, 1.82) is 0 Å². The lowest BCUT2D eigenvalue weighted by Crippen LogP contribution is -2.12. The van der Waals surface area contributed by atoms with E-state index in [1.54, 1.807) is 24.4 Å². The number of hydrogen-bond donors (Lipinski definition) is 0. The third-order valence-electron chi connectivity index (χ3n) is 3.15. The Kier molecular flexibility index (Phi) is 3.86. The van der Waals surface area contributed by atoms with Crippen LogP contribution < -0.4 is 0 Å². The summed E-state index contributed by atoms with van der Waals surface area (Å²) >= 11 is 12.2. The van der Waals surface area contributed by atoms with Gasteiger partial charge in [-0.05, 0) is 23.8 Å². The predicted octanol–water partition coefficient (Wildman–Crippen LogP) is 5.13. The maximum absolute atomic E-state index is 12.2. The Morgan fingerprint density at radius 1 is 1.00 bits per heavy atom. The minimum Gasteiger partial charge on any atom is -0.444 e. The molecular formula is C16H11Cl2NO2. The summed E-state index contributed by atoms with van der Waals surface area (Å²) in [6.45, 7) is 0.206. The van der Waals surface area contributed by atoms with Crippen molar-refractivity contribution in [2.75, 3.05) is 0 Å². The number of carbonyl (C=O) groups excluding carboxylic acids is 1. The van der Waals surface area contributed by atoms with E-state index in [0.29, 0.717) is 15.6 Å². The van der Waals surface area contributed by atoms with Crippen LogP contribution in [0.1, 0.15) is 5.56 Å². The highest BCUT2D eigenvalue weighted by Gasteiger charge is 2.14. The van der Waals surface area contributed by atoms with Crippen LogP contribution in [0.15, 0.2) is 54.7 Å². The number of carbonyl (C=O) groups is 1.